The van der Waals surface area contributed by atoms with Gasteiger partial charge in [-0.1, -0.05) is 6.07 Å². The van der Waals surface area contributed by atoms with E-state index in [1.165, 1.54) is 0 Å². The van der Waals surface area contributed by atoms with Crippen LogP contribution in [-0.4, -0.2) is 43.1 Å². The number of aromatic amines is 1. The summed E-state index contributed by atoms with van der Waals surface area (Å²) in [5.41, 5.74) is 8.01. The molecule has 3 N–H and O–H groups in total. The molecule has 0 amide bonds. The van der Waals surface area contributed by atoms with E-state index in [0.717, 1.165) is 11.1 Å². The van der Waals surface area contributed by atoms with Crippen molar-refractivity contribution in [2.24, 2.45) is 5.73 Å². The summed E-state index contributed by atoms with van der Waals surface area (Å²) in [5, 5.41) is 7.21. The minimum atomic E-state index is -0.494. The molecule has 3 aromatic rings. The lowest BCUT2D eigenvalue weighted by molar-refractivity contribution is 0.310. The molecule has 0 saturated heterocycles. The number of methoxy groups -OCH3 is 3. The van der Waals surface area contributed by atoms with Gasteiger partial charge in [0.25, 0.3) is 0 Å². The fraction of sp³-hybridized carbons (Fsp3) is 0.300. The van der Waals surface area contributed by atoms with Crippen LogP contribution in [0.15, 0.2) is 36.4 Å². The summed E-state index contributed by atoms with van der Waals surface area (Å²) in [6, 6.07) is 10.5. The molecule has 8 nitrogen and oxygen atoms in total. The van der Waals surface area contributed by atoms with E-state index in [1.807, 2.05) is 43.3 Å². The molecular weight excluding hydrogens is 360 g/mol. The molecule has 0 bridgehead atoms. The summed E-state index contributed by atoms with van der Waals surface area (Å²) in [5.74, 6) is 3.59. The number of benzene rings is 2. The van der Waals surface area contributed by atoms with Crippen LogP contribution in [0.5, 0.6) is 23.0 Å². The predicted octanol–water partition coefficient (Wildman–Crippen LogP) is 2.94. The molecule has 3 rings (SSSR count). The Balaban J connectivity index is 1.88. The van der Waals surface area contributed by atoms with Crippen molar-refractivity contribution in [1.82, 2.24) is 15.2 Å². The summed E-state index contributed by atoms with van der Waals surface area (Å²) < 4.78 is 21.5. The van der Waals surface area contributed by atoms with E-state index in [0.29, 0.717) is 41.3 Å². The molecule has 148 valence electrons. The Morgan fingerprint density at radius 1 is 0.929 bits per heavy atom. The molecule has 0 saturated carbocycles. The maximum atomic E-state index is 6.39. The number of rotatable bonds is 8. The first kappa shape index (κ1) is 19.5. The molecule has 0 aliphatic heterocycles. The SMILES string of the molecule is CCOc1cc([C@@H](N)c2nc(-c3ccc(OC)c(OC)c3)n[nH]2)ccc1OC. The Morgan fingerprint density at radius 3 is 2.29 bits per heavy atom. The average Bonchev–Trinajstić information content (AvgIpc) is 3.23. The Hall–Kier alpha value is -3.26. The number of ether oxygens (including phenoxy) is 4. The summed E-state index contributed by atoms with van der Waals surface area (Å²) >= 11 is 0. The van der Waals surface area contributed by atoms with E-state index in [9.17, 15) is 0 Å². The van der Waals surface area contributed by atoms with Crippen molar-refractivity contribution in [1.29, 1.82) is 0 Å². The quantitative estimate of drug-likeness (QED) is 0.615. The fourth-order valence-electron chi connectivity index (χ4n) is 2.83. The summed E-state index contributed by atoms with van der Waals surface area (Å²) in [6.45, 7) is 2.44. The highest BCUT2D eigenvalue weighted by Crippen LogP contribution is 2.33. The highest BCUT2D eigenvalue weighted by atomic mass is 16.5. The van der Waals surface area contributed by atoms with Crippen molar-refractivity contribution in [2.45, 2.75) is 13.0 Å². The van der Waals surface area contributed by atoms with Gasteiger partial charge in [0.2, 0.25) is 0 Å². The second-order valence-corrected chi connectivity index (χ2v) is 5.94. The molecular formula is C20H24N4O4. The number of aromatic nitrogens is 3. The number of hydrogen-bond acceptors (Lipinski definition) is 7. The molecule has 0 spiro atoms. The van der Waals surface area contributed by atoms with Gasteiger partial charge in [0.05, 0.1) is 34.0 Å². The lowest BCUT2D eigenvalue weighted by Crippen LogP contribution is -2.14. The zero-order chi connectivity index (χ0) is 20.1. The van der Waals surface area contributed by atoms with E-state index in [-0.39, 0.29) is 0 Å². The largest absolute Gasteiger partial charge is 0.493 e. The lowest BCUT2D eigenvalue weighted by atomic mass is 10.1. The number of nitrogens with zero attached hydrogens (tertiary/aromatic N) is 2. The van der Waals surface area contributed by atoms with Crippen LogP contribution in [0.3, 0.4) is 0 Å². The lowest BCUT2D eigenvalue weighted by Gasteiger charge is -2.14. The van der Waals surface area contributed by atoms with Crippen molar-refractivity contribution in [2.75, 3.05) is 27.9 Å². The minimum absolute atomic E-state index is 0.494. The van der Waals surface area contributed by atoms with Crippen LogP contribution in [0.2, 0.25) is 0 Å². The third-order valence-corrected chi connectivity index (χ3v) is 4.29. The van der Waals surface area contributed by atoms with Crippen LogP contribution in [0.4, 0.5) is 0 Å². The first-order valence-electron chi connectivity index (χ1n) is 8.82. The van der Waals surface area contributed by atoms with Crippen LogP contribution in [0.1, 0.15) is 24.4 Å². The molecule has 0 fully saturated rings. The summed E-state index contributed by atoms with van der Waals surface area (Å²) in [7, 11) is 4.77. The first-order valence-corrected chi connectivity index (χ1v) is 8.82. The van der Waals surface area contributed by atoms with E-state index < -0.39 is 6.04 Å². The normalized spacial score (nSPS) is 11.8. The van der Waals surface area contributed by atoms with Crippen molar-refractivity contribution >= 4 is 0 Å². The van der Waals surface area contributed by atoms with Gasteiger partial charge in [-0.25, -0.2) is 4.98 Å². The number of nitrogens with two attached hydrogens (primary N) is 1. The van der Waals surface area contributed by atoms with E-state index >= 15 is 0 Å². The van der Waals surface area contributed by atoms with Gasteiger partial charge in [-0.3, -0.25) is 5.10 Å². The van der Waals surface area contributed by atoms with Crippen molar-refractivity contribution in [3.8, 4) is 34.4 Å². The highest BCUT2D eigenvalue weighted by Gasteiger charge is 2.18. The molecule has 1 heterocycles. The number of hydrogen-bond donors (Lipinski definition) is 2. The topological polar surface area (TPSA) is 105 Å². The average molecular weight is 384 g/mol. The van der Waals surface area contributed by atoms with Crippen LogP contribution in [0, 0.1) is 0 Å². The van der Waals surface area contributed by atoms with Crippen LogP contribution in [0.25, 0.3) is 11.4 Å². The molecule has 0 aliphatic carbocycles. The third kappa shape index (κ3) is 3.86. The van der Waals surface area contributed by atoms with Crippen molar-refractivity contribution < 1.29 is 18.9 Å². The van der Waals surface area contributed by atoms with E-state index in [1.54, 1.807) is 21.3 Å². The number of H-pyrrole nitrogens is 1. The second-order valence-electron chi connectivity index (χ2n) is 5.94. The fourth-order valence-corrected chi connectivity index (χ4v) is 2.83. The number of nitrogens with one attached hydrogen (secondary N) is 1. The Bertz CT molecular complexity index is 942. The third-order valence-electron chi connectivity index (χ3n) is 4.29. The maximum absolute atomic E-state index is 6.39. The maximum Gasteiger partial charge on any atom is 0.181 e. The van der Waals surface area contributed by atoms with Gasteiger partial charge in [-0.15, -0.1) is 0 Å². The van der Waals surface area contributed by atoms with Gasteiger partial charge in [0.15, 0.2) is 28.8 Å². The van der Waals surface area contributed by atoms with Crippen LogP contribution < -0.4 is 24.7 Å². The monoisotopic (exact) mass is 384 g/mol. The Labute approximate surface area is 163 Å². The zero-order valence-electron chi connectivity index (χ0n) is 16.4. The van der Waals surface area contributed by atoms with Crippen molar-refractivity contribution in [3.63, 3.8) is 0 Å². The molecule has 2 aromatic carbocycles. The molecule has 0 radical (unpaired) electrons. The molecule has 0 aliphatic rings. The van der Waals surface area contributed by atoms with Gasteiger partial charge < -0.3 is 24.7 Å². The van der Waals surface area contributed by atoms with E-state index in [2.05, 4.69) is 15.2 Å². The van der Waals surface area contributed by atoms with Gasteiger partial charge in [0, 0.05) is 5.56 Å². The molecule has 8 heteroatoms. The van der Waals surface area contributed by atoms with Gasteiger partial charge in [-0.05, 0) is 42.8 Å². The molecule has 0 unspecified atom stereocenters. The highest BCUT2D eigenvalue weighted by molar-refractivity contribution is 5.61. The van der Waals surface area contributed by atoms with Crippen LogP contribution >= 0.6 is 0 Å². The predicted molar refractivity (Wildman–Crippen MR) is 105 cm³/mol. The standard InChI is InChI=1S/C20H24N4O4/c1-5-28-17-10-12(6-8-15(17)26-3)18(21)20-22-19(23-24-20)13-7-9-14(25-2)16(11-13)27-4/h6-11,18H,5,21H2,1-4H3,(H,22,23,24)/t18-/m1/s1. The van der Waals surface area contributed by atoms with Gasteiger partial charge in [0.1, 0.15) is 5.82 Å². The van der Waals surface area contributed by atoms with Crippen LogP contribution in [-0.2, 0) is 0 Å². The first-order chi connectivity index (χ1) is 13.6. The van der Waals surface area contributed by atoms with Gasteiger partial charge in [-0.2, -0.15) is 5.10 Å². The second kappa shape index (κ2) is 8.62. The van der Waals surface area contributed by atoms with Gasteiger partial charge >= 0.3 is 0 Å². The Morgan fingerprint density at radius 2 is 1.61 bits per heavy atom. The molecule has 1 atom stereocenters. The zero-order valence-corrected chi connectivity index (χ0v) is 16.4. The molecule has 1 aromatic heterocycles. The molecule has 28 heavy (non-hydrogen) atoms. The smallest absolute Gasteiger partial charge is 0.181 e. The summed E-state index contributed by atoms with van der Waals surface area (Å²) in [4.78, 5) is 4.55. The van der Waals surface area contributed by atoms with E-state index in [4.69, 9.17) is 24.7 Å². The summed E-state index contributed by atoms with van der Waals surface area (Å²) in [6.07, 6.45) is 0. The Kier molecular flexibility index (Phi) is 6.00. The van der Waals surface area contributed by atoms with Crippen molar-refractivity contribution in [3.05, 3.63) is 47.8 Å². The minimum Gasteiger partial charge on any atom is -0.493 e.